The summed E-state index contributed by atoms with van der Waals surface area (Å²) in [5.74, 6) is -1.37. The molecule has 0 aromatic heterocycles. The number of rotatable bonds is 5. The number of ether oxygens (including phenoxy) is 2. The second-order valence-corrected chi connectivity index (χ2v) is 5.56. The molecular formula is C15H16FNO5. The monoisotopic (exact) mass is 309 g/mol. The van der Waals surface area contributed by atoms with E-state index in [2.05, 4.69) is 5.32 Å². The number of carbonyl (C=O) groups excluding carboxylic acids is 1. The molecule has 0 spiro atoms. The van der Waals surface area contributed by atoms with Crippen molar-refractivity contribution in [3.8, 4) is 5.75 Å². The predicted octanol–water partition coefficient (Wildman–Crippen LogP) is 1.22. The van der Waals surface area contributed by atoms with E-state index in [-0.39, 0.29) is 19.9 Å². The Hall–Kier alpha value is -2.15. The highest BCUT2D eigenvalue weighted by atomic mass is 19.1. The van der Waals surface area contributed by atoms with Crippen LogP contribution in [-0.2, 0) is 27.4 Å². The van der Waals surface area contributed by atoms with Crippen LogP contribution < -0.4 is 10.1 Å². The zero-order valence-corrected chi connectivity index (χ0v) is 11.9. The van der Waals surface area contributed by atoms with Crippen LogP contribution in [0.2, 0.25) is 0 Å². The number of carboxylic acids is 1. The number of benzene rings is 1. The van der Waals surface area contributed by atoms with Crippen molar-refractivity contribution in [2.24, 2.45) is 5.41 Å². The van der Waals surface area contributed by atoms with Gasteiger partial charge in [-0.2, -0.15) is 0 Å². The average molecular weight is 309 g/mol. The number of hydrogen-bond donors (Lipinski definition) is 2. The molecule has 22 heavy (non-hydrogen) atoms. The van der Waals surface area contributed by atoms with Gasteiger partial charge in [0.05, 0.1) is 6.61 Å². The minimum Gasteiger partial charge on any atom is -0.480 e. The number of fused-ring (bicyclic) bond motifs is 1. The largest absolute Gasteiger partial charge is 0.480 e. The van der Waals surface area contributed by atoms with Crippen molar-refractivity contribution in [2.45, 2.75) is 25.9 Å². The molecule has 1 aromatic carbocycles. The van der Waals surface area contributed by atoms with E-state index in [4.69, 9.17) is 14.6 Å². The molecule has 0 unspecified atom stereocenters. The van der Waals surface area contributed by atoms with Crippen molar-refractivity contribution >= 4 is 11.9 Å². The Morgan fingerprint density at radius 2 is 2.14 bits per heavy atom. The molecule has 0 saturated heterocycles. The van der Waals surface area contributed by atoms with Crippen molar-refractivity contribution in [3.05, 3.63) is 29.1 Å². The molecule has 118 valence electrons. The molecule has 1 aliphatic carbocycles. The van der Waals surface area contributed by atoms with Crippen LogP contribution in [0.15, 0.2) is 12.1 Å². The SMILES string of the molecule is O=C(O)C1(C(=O)NCCc2cc(F)cc3c2OCOC3)CC1. The van der Waals surface area contributed by atoms with E-state index in [0.717, 1.165) is 0 Å². The molecule has 1 aliphatic heterocycles. The van der Waals surface area contributed by atoms with Gasteiger partial charge in [0, 0.05) is 12.1 Å². The van der Waals surface area contributed by atoms with Crippen LogP contribution in [-0.4, -0.2) is 30.3 Å². The topological polar surface area (TPSA) is 84.9 Å². The van der Waals surface area contributed by atoms with Gasteiger partial charge in [-0.05, 0) is 37.0 Å². The maximum absolute atomic E-state index is 13.6. The maximum atomic E-state index is 13.6. The number of carboxylic acid groups (broad SMARTS) is 1. The van der Waals surface area contributed by atoms with E-state index >= 15 is 0 Å². The first-order valence-electron chi connectivity index (χ1n) is 7.06. The first kappa shape index (κ1) is 14.8. The summed E-state index contributed by atoms with van der Waals surface area (Å²) in [5.41, 5.74) is 0.0154. The lowest BCUT2D eigenvalue weighted by molar-refractivity contribution is -0.149. The summed E-state index contributed by atoms with van der Waals surface area (Å²) >= 11 is 0. The molecule has 6 nitrogen and oxygen atoms in total. The van der Waals surface area contributed by atoms with E-state index in [0.29, 0.717) is 36.1 Å². The standard InChI is InChI=1S/C15H16FNO5/c16-11-5-9(12-10(6-11)7-21-8-22-12)1-4-17-13(18)15(2-3-15)14(19)20/h5-6H,1-4,7-8H2,(H,17,18)(H,19,20). The van der Waals surface area contributed by atoms with Crippen LogP contribution in [0.25, 0.3) is 0 Å². The molecule has 0 radical (unpaired) electrons. The normalized spacial score (nSPS) is 18.0. The molecule has 2 N–H and O–H groups in total. The fraction of sp³-hybridized carbons (Fsp3) is 0.467. The number of hydrogen-bond acceptors (Lipinski definition) is 4. The van der Waals surface area contributed by atoms with Crippen LogP contribution in [0.4, 0.5) is 4.39 Å². The Bertz CT molecular complexity index is 627. The van der Waals surface area contributed by atoms with Crippen molar-refractivity contribution < 1.29 is 28.6 Å². The van der Waals surface area contributed by atoms with Gasteiger partial charge in [-0.15, -0.1) is 0 Å². The maximum Gasteiger partial charge on any atom is 0.319 e. The van der Waals surface area contributed by atoms with Crippen LogP contribution in [0.3, 0.4) is 0 Å². The zero-order valence-electron chi connectivity index (χ0n) is 11.9. The van der Waals surface area contributed by atoms with E-state index in [1.807, 2.05) is 0 Å². The van der Waals surface area contributed by atoms with Gasteiger partial charge in [0.2, 0.25) is 5.91 Å². The van der Waals surface area contributed by atoms with Gasteiger partial charge in [0.1, 0.15) is 17.0 Å². The number of amides is 1. The molecule has 0 atom stereocenters. The lowest BCUT2D eigenvalue weighted by Crippen LogP contribution is -2.38. The van der Waals surface area contributed by atoms with Gasteiger partial charge in [0.25, 0.3) is 0 Å². The Labute approximate surface area is 126 Å². The van der Waals surface area contributed by atoms with Gasteiger partial charge < -0.3 is 19.9 Å². The van der Waals surface area contributed by atoms with Gasteiger partial charge in [0.15, 0.2) is 6.79 Å². The van der Waals surface area contributed by atoms with E-state index < -0.39 is 23.1 Å². The number of aliphatic carboxylic acids is 1. The summed E-state index contributed by atoms with van der Waals surface area (Å²) in [6.07, 6.45) is 1.09. The Kier molecular flexibility index (Phi) is 3.74. The number of halogens is 1. The minimum atomic E-state index is -1.26. The van der Waals surface area contributed by atoms with Gasteiger partial charge >= 0.3 is 5.97 Å². The average Bonchev–Trinajstić information content (AvgIpc) is 3.28. The molecule has 0 bridgehead atoms. The zero-order chi connectivity index (χ0) is 15.7. The summed E-state index contributed by atoms with van der Waals surface area (Å²) in [6.45, 7) is 0.628. The lowest BCUT2D eigenvalue weighted by Gasteiger charge is -2.21. The third-order valence-electron chi connectivity index (χ3n) is 4.03. The van der Waals surface area contributed by atoms with Crippen LogP contribution in [0.5, 0.6) is 5.75 Å². The Morgan fingerprint density at radius 1 is 1.36 bits per heavy atom. The van der Waals surface area contributed by atoms with Crippen molar-refractivity contribution in [1.29, 1.82) is 0 Å². The molecule has 3 rings (SSSR count). The highest BCUT2D eigenvalue weighted by Gasteiger charge is 2.56. The molecular weight excluding hydrogens is 293 g/mol. The molecule has 1 saturated carbocycles. The second-order valence-electron chi connectivity index (χ2n) is 5.56. The van der Waals surface area contributed by atoms with Crippen LogP contribution >= 0.6 is 0 Å². The highest BCUT2D eigenvalue weighted by molar-refractivity contribution is 6.04. The molecule has 2 aliphatic rings. The minimum absolute atomic E-state index is 0.111. The first-order chi connectivity index (χ1) is 10.5. The van der Waals surface area contributed by atoms with Gasteiger partial charge in [-0.3, -0.25) is 9.59 Å². The van der Waals surface area contributed by atoms with E-state index in [9.17, 15) is 14.0 Å². The predicted molar refractivity (Wildman–Crippen MR) is 72.7 cm³/mol. The highest BCUT2D eigenvalue weighted by Crippen LogP contribution is 2.46. The number of nitrogens with one attached hydrogen (secondary N) is 1. The van der Waals surface area contributed by atoms with E-state index in [1.54, 1.807) is 0 Å². The molecule has 1 heterocycles. The van der Waals surface area contributed by atoms with Crippen molar-refractivity contribution in [3.63, 3.8) is 0 Å². The summed E-state index contributed by atoms with van der Waals surface area (Å²) in [7, 11) is 0. The molecule has 1 amide bonds. The summed E-state index contributed by atoms with van der Waals surface area (Å²) in [5, 5.41) is 11.7. The molecule has 7 heteroatoms. The van der Waals surface area contributed by atoms with Gasteiger partial charge in [-0.1, -0.05) is 0 Å². The van der Waals surface area contributed by atoms with Crippen LogP contribution in [0.1, 0.15) is 24.0 Å². The third-order valence-corrected chi connectivity index (χ3v) is 4.03. The van der Waals surface area contributed by atoms with Crippen molar-refractivity contribution in [1.82, 2.24) is 5.32 Å². The van der Waals surface area contributed by atoms with Gasteiger partial charge in [-0.25, -0.2) is 4.39 Å². The molecule has 1 aromatic rings. The Morgan fingerprint density at radius 3 is 2.82 bits per heavy atom. The first-order valence-corrected chi connectivity index (χ1v) is 7.06. The Balaban J connectivity index is 1.64. The van der Waals surface area contributed by atoms with Crippen LogP contribution in [0, 0.1) is 11.2 Å². The van der Waals surface area contributed by atoms with E-state index in [1.165, 1.54) is 12.1 Å². The quantitative estimate of drug-likeness (QED) is 0.799. The summed E-state index contributed by atoms with van der Waals surface area (Å²) in [4.78, 5) is 22.9. The third kappa shape index (κ3) is 2.64. The lowest BCUT2D eigenvalue weighted by atomic mass is 10.0. The summed E-state index contributed by atoms with van der Waals surface area (Å²) < 4.78 is 24.1. The summed E-state index contributed by atoms with van der Waals surface area (Å²) in [6, 6.07) is 2.72. The fourth-order valence-electron chi connectivity index (χ4n) is 2.59. The van der Waals surface area contributed by atoms with Crippen molar-refractivity contribution in [2.75, 3.05) is 13.3 Å². The molecule has 1 fully saturated rings. The fourth-order valence-corrected chi connectivity index (χ4v) is 2.59. The smallest absolute Gasteiger partial charge is 0.319 e. The second kappa shape index (κ2) is 5.57. The number of carbonyl (C=O) groups is 2.